The molecule has 2 fully saturated rings. The van der Waals surface area contributed by atoms with Gasteiger partial charge in [-0.25, -0.2) is 0 Å². The summed E-state index contributed by atoms with van der Waals surface area (Å²) in [5.41, 5.74) is -0.0698. The van der Waals surface area contributed by atoms with Gasteiger partial charge < -0.3 is 9.84 Å². The Morgan fingerprint density at radius 1 is 1.24 bits per heavy atom. The van der Waals surface area contributed by atoms with E-state index in [0.717, 1.165) is 44.4 Å². The number of rotatable bonds is 3. The number of piperazine rings is 1. The van der Waals surface area contributed by atoms with Gasteiger partial charge in [0, 0.05) is 50.7 Å². The van der Waals surface area contributed by atoms with Crippen molar-refractivity contribution >= 4 is 0 Å². The Bertz CT molecular complexity index is 461. The Hall–Kier alpha value is -0.980. The zero-order chi connectivity index (χ0) is 14.9. The molecule has 1 unspecified atom stereocenters. The second-order valence-corrected chi connectivity index (χ2v) is 7.23. The molecule has 1 aromatic rings. The van der Waals surface area contributed by atoms with Gasteiger partial charge in [0.1, 0.15) is 0 Å². The number of aromatic nitrogens is 2. The minimum Gasteiger partial charge on any atom is -0.339 e. The molecular formula is C15H27N5O. The maximum Gasteiger partial charge on any atom is 0.232 e. The molecule has 2 aliphatic heterocycles. The summed E-state index contributed by atoms with van der Waals surface area (Å²) in [6.07, 6.45) is 1.25. The SMILES string of the molecule is CC(C)(C)c1nc(CN2CCC(N3CCNCC3)C2)no1. The lowest BCUT2D eigenvalue weighted by Gasteiger charge is -2.32. The fraction of sp³-hybridized carbons (Fsp3) is 0.867. The summed E-state index contributed by atoms with van der Waals surface area (Å²) in [6.45, 7) is 14.0. The molecule has 21 heavy (non-hydrogen) atoms. The normalized spacial score (nSPS) is 25.6. The largest absolute Gasteiger partial charge is 0.339 e. The maximum absolute atomic E-state index is 5.38. The van der Waals surface area contributed by atoms with Gasteiger partial charge in [0.25, 0.3) is 0 Å². The zero-order valence-electron chi connectivity index (χ0n) is 13.4. The van der Waals surface area contributed by atoms with E-state index in [1.165, 1.54) is 19.5 Å². The van der Waals surface area contributed by atoms with Crippen LogP contribution in [-0.4, -0.2) is 65.3 Å². The first-order valence-corrected chi connectivity index (χ1v) is 8.02. The van der Waals surface area contributed by atoms with Crippen LogP contribution in [0.2, 0.25) is 0 Å². The highest BCUT2D eigenvalue weighted by Gasteiger charge is 2.29. The zero-order valence-corrected chi connectivity index (χ0v) is 13.4. The van der Waals surface area contributed by atoms with Gasteiger partial charge >= 0.3 is 0 Å². The quantitative estimate of drug-likeness (QED) is 0.891. The molecule has 0 saturated carbocycles. The molecule has 0 radical (unpaired) electrons. The van der Waals surface area contributed by atoms with Gasteiger partial charge in [-0.3, -0.25) is 9.80 Å². The molecule has 118 valence electrons. The molecule has 1 N–H and O–H groups in total. The standard InChI is InChI=1S/C15H27N5O/c1-15(2,3)14-17-13(18-21-14)11-19-7-4-12(10-19)20-8-5-16-6-9-20/h12,16H,4-11H2,1-3H3. The number of hydrogen-bond donors (Lipinski definition) is 1. The third-order valence-electron chi connectivity index (χ3n) is 4.39. The van der Waals surface area contributed by atoms with Crippen LogP contribution in [0.1, 0.15) is 38.9 Å². The van der Waals surface area contributed by atoms with Gasteiger partial charge in [-0.1, -0.05) is 25.9 Å². The summed E-state index contributed by atoms with van der Waals surface area (Å²) in [7, 11) is 0. The Morgan fingerprint density at radius 3 is 2.67 bits per heavy atom. The highest BCUT2D eigenvalue weighted by Crippen LogP contribution is 2.21. The van der Waals surface area contributed by atoms with E-state index < -0.39 is 0 Å². The van der Waals surface area contributed by atoms with Crippen molar-refractivity contribution < 1.29 is 4.52 Å². The Labute approximate surface area is 126 Å². The highest BCUT2D eigenvalue weighted by atomic mass is 16.5. The van der Waals surface area contributed by atoms with Crippen molar-refractivity contribution in [1.29, 1.82) is 0 Å². The van der Waals surface area contributed by atoms with Crippen LogP contribution in [0.3, 0.4) is 0 Å². The highest BCUT2D eigenvalue weighted by molar-refractivity contribution is 4.99. The van der Waals surface area contributed by atoms with Gasteiger partial charge in [0.15, 0.2) is 5.82 Å². The van der Waals surface area contributed by atoms with E-state index in [1.807, 2.05) is 0 Å². The monoisotopic (exact) mass is 293 g/mol. The van der Waals surface area contributed by atoms with Crippen molar-refractivity contribution in [3.05, 3.63) is 11.7 Å². The van der Waals surface area contributed by atoms with Crippen LogP contribution in [0, 0.1) is 0 Å². The molecule has 3 heterocycles. The van der Waals surface area contributed by atoms with Crippen LogP contribution in [-0.2, 0) is 12.0 Å². The first-order valence-electron chi connectivity index (χ1n) is 8.02. The third kappa shape index (κ3) is 3.62. The van der Waals surface area contributed by atoms with E-state index in [1.54, 1.807) is 0 Å². The van der Waals surface area contributed by atoms with E-state index in [-0.39, 0.29) is 5.41 Å². The van der Waals surface area contributed by atoms with Crippen molar-refractivity contribution in [3.63, 3.8) is 0 Å². The van der Waals surface area contributed by atoms with Crippen LogP contribution in [0.5, 0.6) is 0 Å². The summed E-state index contributed by atoms with van der Waals surface area (Å²) in [6, 6.07) is 0.695. The smallest absolute Gasteiger partial charge is 0.232 e. The molecular weight excluding hydrogens is 266 g/mol. The maximum atomic E-state index is 5.38. The van der Waals surface area contributed by atoms with Gasteiger partial charge in [-0.2, -0.15) is 4.98 Å². The van der Waals surface area contributed by atoms with Gasteiger partial charge in [0.05, 0.1) is 6.54 Å². The van der Waals surface area contributed by atoms with Gasteiger partial charge in [0.2, 0.25) is 5.89 Å². The van der Waals surface area contributed by atoms with E-state index in [0.29, 0.717) is 6.04 Å². The molecule has 0 spiro atoms. The first kappa shape index (κ1) is 14.9. The fourth-order valence-corrected chi connectivity index (χ4v) is 3.12. The molecule has 6 nitrogen and oxygen atoms in total. The average Bonchev–Trinajstić information content (AvgIpc) is 3.09. The summed E-state index contributed by atoms with van der Waals surface area (Å²) >= 11 is 0. The van der Waals surface area contributed by atoms with E-state index in [4.69, 9.17) is 4.52 Å². The van der Waals surface area contributed by atoms with Crippen LogP contribution in [0.4, 0.5) is 0 Å². The topological polar surface area (TPSA) is 57.4 Å². The molecule has 0 aromatic carbocycles. The Kier molecular flexibility index (Phi) is 4.28. The van der Waals surface area contributed by atoms with Crippen molar-refractivity contribution in [2.75, 3.05) is 39.3 Å². The minimum atomic E-state index is -0.0698. The van der Waals surface area contributed by atoms with Crippen LogP contribution >= 0.6 is 0 Å². The number of nitrogens with zero attached hydrogens (tertiary/aromatic N) is 4. The predicted molar refractivity (Wildman–Crippen MR) is 81.1 cm³/mol. The molecule has 1 atom stereocenters. The first-order chi connectivity index (χ1) is 10.0. The van der Waals surface area contributed by atoms with Crippen LogP contribution in [0.15, 0.2) is 4.52 Å². The lowest BCUT2D eigenvalue weighted by atomic mass is 9.97. The van der Waals surface area contributed by atoms with Crippen molar-refractivity contribution in [1.82, 2.24) is 25.3 Å². The molecule has 0 amide bonds. The Balaban J connectivity index is 1.53. The van der Waals surface area contributed by atoms with Gasteiger partial charge in [-0.05, 0) is 6.42 Å². The van der Waals surface area contributed by atoms with Crippen molar-refractivity contribution in [3.8, 4) is 0 Å². The van der Waals surface area contributed by atoms with Crippen molar-refractivity contribution in [2.24, 2.45) is 0 Å². The summed E-state index contributed by atoms with van der Waals surface area (Å²) in [4.78, 5) is 9.61. The lowest BCUT2D eigenvalue weighted by Crippen LogP contribution is -2.49. The van der Waals surface area contributed by atoms with Crippen LogP contribution < -0.4 is 5.32 Å². The molecule has 0 aliphatic carbocycles. The fourth-order valence-electron chi connectivity index (χ4n) is 3.12. The number of nitrogens with one attached hydrogen (secondary N) is 1. The summed E-state index contributed by atoms with van der Waals surface area (Å²) < 4.78 is 5.38. The molecule has 1 aromatic heterocycles. The second-order valence-electron chi connectivity index (χ2n) is 7.23. The van der Waals surface area contributed by atoms with Gasteiger partial charge in [-0.15, -0.1) is 0 Å². The molecule has 2 saturated heterocycles. The molecule has 0 bridgehead atoms. The average molecular weight is 293 g/mol. The predicted octanol–water partition coefficient (Wildman–Crippen LogP) is 0.847. The van der Waals surface area contributed by atoms with Crippen molar-refractivity contribution in [2.45, 2.75) is 45.2 Å². The van der Waals surface area contributed by atoms with E-state index >= 15 is 0 Å². The van der Waals surface area contributed by atoms with E-state index in [9.17, 15) is 0 Å². The minimum absolute atomic E-state index is 0.0698. The lowest BCUT2D eigenvalue weighted by molar-refractivity contribution is 0.169. The van der Waals surface area contributed by atoms with Crippen LogP contribution in [0.25, 0.3) is 0 Å². The van der Waals surface area contributed by atoms with E-state index in [2.05, 4.69) is 46.0 Å². The number of hydrogen-bond acceptors (Lipinski definition) is 6. The summed E-state index contributed by atoms with van der Waals surface area (Å²) in [5.74, 6) is 1.55. The molecule has 2 aliphatic rings. The molecule has 3 rings (SSSR count). The number of likely N-dealkylation sites (tertiary alicyclic amines) is 1. The molecule has 6 heteroatoms. The second kappa shape index (κ2) is 6.02. The summed E-state index contributed by atoms with van der Waals surface area (Å²) in [5, 5.41) is 7.55. The Morgan fingerprint density at radius 2 is 2.00 bits per heavy atom. The third-order valence-corrected chi connectivity index (χ3v) is 4.39.